The third kappa shape index (κ3) is 2.56. The average molecular weight is 178 g/mol. The lowest BCUT2D eigenvalue weighted by atomic mass is 9.86. The Kier molecular flexibility index (Phi) is 2.77. The van der Waals surface area contributed by atoms with E-state index < -0.39 is 5.60 Å². The molecule has 1 atom stereocenters. The summed E-state index contributed by atoms with van der Waals surface area (Å²) < 4.78 is 0. The van der Waals surface area contributed by atoms with Crippen LogP contribution < -0.4 is 0 Å². The van der Waals surface area contributed by atoms with Gasteiger partial charge in [-0.3, -0.25) is 0 Å². The van der Waals surface area contributed by atoms with Crippen LogP contribution in [0.25, 0.3) is 0 Å². The number of aryl methyl sites for hydroxylation is 1. The number of benzene rings is 1. The predicted molar refractivity (Wildman–Crippen MR) is 55.9 cm³/mol. The highest BCUT2D eigenvalue weighted by Gasteiger charge is 2.23. The maximum Gasteiger partial charge on any atom is 0.0657 e. The molecule has 0 aliphatic rings. The Morgan fingerprint density at radius 2 is 1.62 bits per heavy atom. The Labute approximate surface area is 80.4 Å². The fourth-order valence-electron chi connectivity index (χ4n) is 1.26. The minimum absolute atomic E-state index is 0.174. The number of hydrogen-bond donors (Lipinski definition) is 1. The summed E-state index contributed by atoms with van der Waals surface area (Å²) in [6.45, 7) is 7.80. The van der Waals surface area contributed by atoms with Crippen LogP contribution in [0.1, 0.15) is 37.8 Å². The molecule has 0 radical (unpaired) electrons. The van der Waals surface area contributed by atoms with Crippen LogP contribution in [0.2, 0.25) is 0 Å². The zero-order chi connectivity index (χ0) is 10.1. The molecule has 0 fully saturated rings. The summed E-state index contributed by atoms with van der Waals surface area (Å²) in [6, 6.07) is 8.32. The summed E-state index contributed by atoms with van der Waals surface area (Å²) in [5, 5.41) is 9.81. The first-order chi connectivity index (χ1) is 5.91. The van der Waals surface area contributed by atoms with Gasteiger partial charge in [0.1, 0.15) is 0 Å². The lowest BCUT2D eigenvalue weighted by molar-refractivity contribution is 0.0559. The smallest absolute Gasteiger partial charge is 0.0657 e. The van der Waals surface area contributed by atoms with Crippen molar-refractivity contribution in [2.75, 3.05) is 0 Å². The van der Waals surface area contributed by atoms with Gasteiger partial charge < -0.3 is 5.11 Å². The summed E-state index contributed by atoms with van der Waals surface area (Å²) in [6.07, 6.45) is 0. The molecule has 1 nitrogen and oxygen atoms in total. The molecular weight excluding hydrogens is 160 g/mol. The molecule has 0 bridgehead atoms. The van der Waals surface area contributed by atoms with Crippen molar-refractivity contribution in [2.24, 2.45) is 0 Å². The second-order valence-electron chi connectivity index (χ2n) is 4.29. The zero-order valence-corrected chi connectivity index (χ0v) is 8.83. The maximum atomic E-state index is 9.81. The van der Waals surface area contributed by atoms with Gasteiger partial charge in [0, 0.05) is 5.92 Å². The van der Waals surface area contributed by atoms with Gasteiger partial charge in [-0.15, -0.1) is 0 Å². The molecule has 0 heterocycles. The third-order valence-electron chi connectivity index (χ3n) is 2.64. The van der Waals surface area contributed by atoms with Crippen LogP contribution in [0.4, 0.5) is 0 Å². The molecule has 0 amide bonds. The van der Waals surface area contributed by atoms with Gasteiger partial charge in [0.2, 0.25) is 0 Å². The second kappa shape index (κ2) is 3.51. The predicted octanol–water partition coefficient (Wildman–Crippen LogP) is 2.87. The Morgan fingerprint density at radius 3 is 2.00 bits per heavy atom. The Balaban J connectivity index is 2.90. The fraction of sp³-hybridized carbons (Fsp3) is 0.500. The highest BCUT2D eigenvalue weighted by atomic mass is 16.3. The van der Waals surface area contributed by atoms with Gasteiger partial charge in [-0.25, -0.2) is 0 Å². The van der Waals surface area contributed by atoms with E-state index >= 15 is 0 Å². The first-order valence-electron chi connectivity index (χ1n) is 4.70. The standard InChI is InChI=1S/C12H18O/c1-9-5-7-11(8-6-9)10(2)12(3,4)13/h5-8,10,13H,1-4H3/t10-/m0/s1. The van der Waals surface area contributed by atoms with E-state index in [2.05, 4.69) is 31.2 Å². The number of aliphatic hydroxyl groups is 1. The van der Waals surface area contributed by atoms with E-state index in [9.17, 15) is 5.11 Å². The molecule has 1 heteroatoms. The van der Waals surface area contributed by atoms with Crippen molar-refractivity contribution in [3.63, 3.8) is 0 Å². The lowest BCUT2D eigenvalue weighted by Crippen LogP contribution is -2.26. The van der Waals surface area contributed by atoms with Crippen LogP contribution in [-0.4, -0.2) is 10.7 Å². The van der Waals surface area contributed by atoms with E-state index in [0.29, 0.717) is 0 Å². The summed E-state index contributed by atoms with van der Waals surface area (Å²) in [4.78, 5) is 0. The van der Waals surface area contributed by atoms with Gasteiger partial charge in [-0.1, -0.05) is 36.8 Å². The summed E-state index contributed by atoms with van der Waals surface area (Å²) in [7, 11) is 0. The second-order valence-corrected chi connectivity index (χ2v) is 4.29. The van der Waals surface area contributed by atoms with Crippen molar-refractivity contribution in [1.82, 2.24) is 0 Å². The van der Waals surface area contributed by atoms with Crippen molar-refractivity contribution < 1.29 is 5.11 Å². The first-order valence-corrected chi connectivity index (χ1v) is 4.70. The zero-order valence-electron chi connectivity index (χ0n) is 8.83. The summed E-state index contributed by atoms with van der Waals surface area (Å²) >= 11 is 0. The molecular formula is C12H18O. The van der Waals surface area contributed by atoms with E-state index in [0.717, 1.165) is 0 Å². The topological polar surface area (TPSA) is 20.2 Å². The molecule has 1 aromatic carbocycles. The first kappa shape index (κ1) is 10.3. The van der Waals surface area contributed by atoms with Crippen LogP contribution in [-0.2, 0) is 0 Å². The monoisotopic (exact) mass is 178 g/mol. The molecule has 0 aromatic heterocycles. The van der Waals surface area contributed by atoms with E-state index in [4.69, 9.17) is 0 Å². The van der Waals surface area contributed by atoms with Crippen LogP contribution in [0, 0.1) is 6.92 Å². The van der Waals surface area contributed by atoms with Gasteiger partial charge in [0.05, 0.1) is 5.60 Å². The third-order valence-corrected chi connectivity index (χ3v) is 2.64. The molecule has 0 aliphatic carbocycles. The van der Waals surface area contributed by atoms with E-state index in [1.807, 2.05) is 20.8 Å². The van der Waals surface area contributed by atoms with E-state index in [1.165, 1.54) is 11.1 Å². The van der Waals surface area contributed by atoms with Crippen LogP contribution >= 0.6 is 0 Å². The quantitative estimate of drug-likeness (QED) is 0.738. The number of rotatable bonds is 2. The minimum Gasteiger partial charge on any atom is -0.390 e. The van der Waals surface area contributed by atoms with Crippen molar-refractivity contribution in [1.29, 1.82) is 0 Å². The van der Waals surface area contributed by atoms with Crippen molar-refractivity contribution in [2.45, 2.75) is 39.2 Å². The molecule has 0 saturated carbocycles. The molecule has 1 aromatic rings. The lowest BCUT2D eigenvalue weighted by Gasteiger charge is -2.26. The Bertz CT molecular complexity index is 266. The van der Waals surface area contributed by atoms with Crippen LogP contribution in [0.5, 0.6) is 0 Å². The Hall–Kier alpha value is -0.820. The Morgan fingerprint density at radius 1 is 1.15 bits per heavy atom. The van der Waals surface area contributed by atoms with Crippen molar-refractivity contribution in [3.8, 4) is 0 Å². The fourth-order valence-corrected chi connectivity index (χ4v) is 1.26. The molecule has 72 valence electrons. The van der Waals surface area contributed by atoms with Gasteiger partial charge in [-0.05, 0) is 26.3 Å². The molecule has 0 unspecified atom stereocenters. The van der Waals surface area contributed by atoms with Crippen LogP contribution in [0.3, 0.4) is 0 Å². The average Bonchev–Trinajstić information content (AvgIpc) is 2.03. The highest BCUT2D eigenvalue weighted by molar-refractivity contribution is 5.25. The normalized spacial score (nSPS) is 14.2. The van der Waals surface area contributed by atoms with E-state index in [-0.39, 0.29) is 5.92 Å². The highest BCUT2D eigenvalue weighted by Crippen LogP contribution is 2.27. The minimum atomic E-state index is -0.644. The van der Waals surface area contributed by atoms with E-state index in [1.54, 1.807) is 0 Å². The summed E-state index contributed by atoms with van der Waals surface area (Å²) in [5.41, 5.74) is 1.81. The van der Waals surface area contributed by atoms with Gasteiger partial charge >= 0.3 is 0 Å². The molecule has 1 rings (SSSR count). The summed E-state index contributed by atoms with van der Waals surface area (Å²) in [5.74, 6) is 0.174. The molecule has 1 N–H and O–H groups in total. The maximum absolute atomic E-state index is 9.81. The SMILES string of the molecule is Cc1ccc([C@H](C)C(C)(C)O)cc1. The van der Waals surface area contributed by atoms with Gasteiger partial charge in [0.15, 0.2) is 0 Å². The number of hydrogen-bond acceptors (Lipinski definition) is 1. The van der Waals surface area contributed by atoms with Gasteiger partial charge in [-0.2, -0.15) is 0 Å². The molecule has 13 heavy (non-hydrogen) atoms. The van der Waals surface area contributed by atoms with Crippen molar-refractivity contribution >= 4 is 0 Å². The van der Waals surface area contributed by atoms with Crippen molar-refractivity contribution in [3.05, 3.63) is 35.4 Å². The molecule has 0 saturated heterocycles. The van der Waals surface area contributed by atoms with Gasteiger partial charge in [0.25, 0.3) is 0 Å². The molecule has 0 spiro atoms. The van der Waals surface area contributed by atoms with Crippen LogP contribution in [0.15, 0.2) is 24.3 Å². The molecule has 0 aliphatic heterocycles. The largest absolute Gasteiger partial charge is 0.390 e.